The molecule has 1 aromatic carbocycles. The average Bonchev–Trinajstić information content (AvgIpc) is 2.56. The molecule has 0 saturated carbocycles. The molecule has 1 fully saturated rings. The molecule has 98 valence electrons. The lowest BCUT2D eigenvalue weighted by Gasteiger charge is -2.17. The Bertz CT molecular complexity index is 456. The summed E-state index contributed by atoms with van der Waals surface area (Å²) < 4.78 is 37.6. The molecule has 1 saturated heterocycles. The van der Waals surface area contributed by atoms with Crippen LogP contribution < -0.4 is 0 Å². The molecular weight excluding hydrogens is 243 g/mol. The Morgan fingerprint density at radius 3 is 2.67 bits per heavy atom. The largest absolute Gasteiger partial charge is 0.416 e. The first-order valence-electron chi connectivity index (χ1n) is 5.80. The van der Waals surface area contributed by atoms with Gasteiger partial charge in [-0.05, 0) is 23.6 Å². The zero-order valence-corrected chi connectivity index (χ0v) is 10.00. The Morgan fingerprint density at radius 1 is 1.39 bits per heavy atom. The van der Waals surface area contributed by atoms with Crippen molar-refractivity contribution in [2.45, 2.75) is 26.1 Å². The molecule has 1 aliphatic heterocycles. The predicted molar refractivity (Wildman–Crippen MR) is 60.6 cm³/mol. The monoisotopic (exact) mass is 257 g/mol. The molecule has 1 unspecified atom stereocenters. The summed E-state index contributed by atoms with van der Waals surface area (Å²) in [6, 6.07) is 5.14. The van der Waals surface area contributed by atoms with E-state index in [1.807, 2.05) is 6.92 Å². The van der Waals surface area contributed by atoms with E-state index in [0.717, 1.165) is 12.1 Å². The fourth-order valence-corrected chi connectivity index (χ4v) is 2.19. The third-order valence-electron chi connectivity index (χ3n) is 3.04. The van der Waals surface area contributed by atoms with Gasteiger partial charge in [0.15, 0.2) is 0 Å². The second-order valence-corrected chi connectivity index (χ2v) is 4.78. The Balaban J connectivity index is 2.13. The third-order valence-corrected chi connectivity index (χ3v) is 3.04. The first-order valence-corrected chi connectivity index (χ1v) is 5.80. The highest BCUT2D eigenvalue weighted by Gasteiger charge is 2.31. The minimum atomic E-state index is -4.34. The number of rotatable bonds is 2. The van der Waals surface area contributed by atoms with Crippen LogP contribution in [0.1, 0.15) is 24.5 Å². The standard InChI is InChI=1S/C13H14F3NO/c1-9-5-12(18)17(7-9)8-10-3-2-4-11(6-10)13(14,15)16/h2-4,6,9H,5,7-8H2,1H3. The minimum absolute atomic E-state index is 0.0138. The summed E-state index contributed by atoms with van der Waals surface area (Å²) in [4.78, 5) is 13.2. The molecular formula is C13H14F3NO. The third kappa shape index (κ3) is 2.83. The van der Waals surface area contributed by atoms with Crippen molar-refractivity contribution < 1.29 is 18.0 Å². The normalized spacial score (nSPS) is 20.6. The summed E-state index contributed by atoms with van der Waals surface area (Å²) in [7, 11) is 0. The van der Waals surface area contributed by atoms with E-state index in [2.05, 4.69) is 0 Å². The highest BCUT2D eigenvalue weighted by Crippen LogP contribution is 2.30. The summed E-state index contributed by atoms with van der Waals surface area (Å²) in [6.45, 7) is 2.84. The summed E-state index contributed by atoms with van der Waals surface area (Å²) >= 11 is 0. The number of likely N-dealkylation sites (tertiary alicyclic amines) is 1. The van der Waals surface area contributed by atoms with Gasteiger partial charge in [-0.2, -0.15) is 13.2 Å². The number of carbonyl (C=O) groups is 1. The van der Waals surface area contributed by atoms with Crippen LogP contribution in [0.25, 0.3) is 0 Å². The van der Waals surface area contributed by atoms with E-state index in [1.165, 1.54) is 6.07 Å². The molecule has 0 aromatic heterocycles. The van der Waals surface area contributed by atoms with Crippen molar-refractivity contribution in [2.75, 3.05) is 6.54 Å². The Morgan fingerprint density at radius 2 is 2.11 bits per heavy atom. The Kier molecular flexibility index (Phi) is 3.32. The van der Waals surface area contributed by atoms with Crippen LogP contribution in [0.4, 0.5) is 13.2 Å². The molecule has 1 aliphatic rings. The smallest absolute Gasteiger partial charge is 0.338 e. The molecule has 2 rings (SSSR count). The van der Waals surface area contributed by atoms with Gasteiger partial charge in [-0.25, -0.2) is 0 Å². The second-order valence-electron chi connectivity index (χ2n) is 4.78. The van der Waals surface area contributed by atoms with Crippen molar-refractivity contribution in [3.05, 3.63) is 35.4 Å². The molecule has 0 N–H and O–H groups in total. The first-order chi connectivity index (χ1) is 8.36. The highest BCUT2D eigenvalue weighted by molar-refractivity contribution is 5.78. The molecule has 5 heteroatoms. The number of amides is 1. The van der Waals surface area contributed by atoms with Crippen LogP contribution in [-0.4, -0.2) is 17.4 Å². The summed E-state index contributed by atoms with van der Waals surface area (Å²) in [5.74, 6) is 0.295. The van der Waals surface area contributed by atoms with Gasteiger partial charge in [-0.15, -0.1) is 0 Å². The summed E-state index contributed by atoms with van der Waals surface area (Å²) in [6.07, 6.45) is -3.85. The van der Waals surface area contributed by atoms with Crippen molar-refractivity contribution >= 4 is 5.91 Å². The number of halogens is 3. The Hall–Kier alpha value is -1.52. The van der Waals surface area contributed by atoms with Gasteiger partial charge < -0.3 is 4.90 Å². The maximum atomic E-state index is 12.5. The number of nitrogens with zero attached hydrogens (tertiary/aromatic N) is 1. The van der Waals surface area contributed by atoms with Crippen molar-refractivity contribution in [3.63, 3.8) is 0 Å². The molecule has 18 heavy (non-hydrogen) atoms. The Labute approximate surface area is 103 Å². The van der Waals surface area contributed by atoms with Gasteiger partial charge in [0.2, 0.25) is 5.91 Å². The van der Waals surface area contributed by atoms with Crippen molar-refractivity contribution in [3.8, 4) is 0 Å². The number of hydrogen-bond acceptors (Lipinski definition) is 1. The van der Waals surface area contributed by atoms with Crippen LogP contribution in [0.2, 0.25) is 0 Å². The van der Waals surface area contributed by atoms with E-state index in [9.17, 15) is 18.0 Å². The van der Waals surface area contributed by atoms with Gasteiger partial charge in [0.1, 0.15) is 0 Å². The van der Waals surface area contributed by atoms with E-state index in [-0.39, 0.29) is 18.4 Å². The maximum absolute atomic E-state index is 12.5. The van der Waals surface area contributed by atoms with Gasteiger partial charge in [-0.1, -0.05) is 19.1 Å². The number of benzene rings is 1. The van der Waals surface area contributed by atoms with Crippen molar-refractivity contribution in [2.24, 2.45) is 5.92 Å². The van der Waals surface area contributed by atoms with Gasteiger partial charge in [0.05, 0.1) is 5.56 Å². The quantitative estimate of drug-likeness (QED) is 0.797. The van der Waals surface area contributed by atoms with Crippen LogP contribution in [0, 0.1) is 5.92 Å². The minimum Gasteiger partial charge on any atom is -0.338 e. The second kappa shape index (κ2) is 4.63. The molecule has 0 bridgehead atoms. The van der Waals surface area contributed by atoms with Crippen molar-refractivity contribution in [1.82, 2.24) is 4.90 Å². The molecule has 2 nitrogen and oxygen atoms in total. The molecule has 1 amide bonds. The van der Waals surface area contributed by atoms with Crippen LogP contribution >= 0.6 is 0 Å². The first kappa shape index (κ1) is 12.9. The lowest BCUT2D eigenvalue weighted by Crippen LogP contribution is -2.24. The topological polar surface area (TPSA) is 20.3 Å². The van der Waals surface area contributed by atoms with E-state index < -0.39 is 11.7 Å². The van der Waals surface area contributed by atoms with Crippen LogP contribution in [0.5, 0.6) is 0 Å². The lowest BCUT2D eigenvalue weighted by atomic mass is 10.1. The zero-order valence-electron chi connectivity index (χ0n) is 10.00. The van der Waals surface area contributed by atoms with E-state index in [0.29, 0.717) is 18.5 Å². The number of alkyl halides is 3. The van der Waals surface area contributed by atoms with Gasteiger partial charge in [0.25, 0.3) is 0 Å². The molecule has 0 spiro atoms. The van der Waals surface area contributed by atoms with Gasteiger partial charge in [0, 0.05) is 19.5 Å². The van der Waals surface area contributed by atoms with E-state index in [1.54, 1.807) is 11.0 Å². The van der Waals surface area contributed by atoms with Gasteiger partial charge in [-0.3, -0.25) is 4.79 Å². The number of hydrogen-bond donors (Lipinski definition) is 0. The molecule has 1 aromatic rings. The molecule has 0 radical (unpaired) electrons. The maximum Gasteiger partial charge on any atom is 0.416 e. The van der Waals surface area contributed by atoms with Gasteiger partial charge >= 0.3 is 6.18 Å². The van der Waals surface area contributed by atoms with E-state index >= 15 is 0 Å². The zero-order chi connectivity index (χ0) is 13.3. The average molecular weight is 257 g/mol. The van der Waals surface area contributed by atoms with Crippen LogP contribution in [-0.2, 0) is 17.5 Å². The predicted octanol–water partition coefficient (Wildman–Crippen LogP) is 3.07. The van der Waals surface area contributed by atoms with Crippen molar-refractivity contribution in [1.29, 1.82) is 0 Å². The fraction of sp³-hybridized carbons (Fsp3) is 0.462. The molecule has 0 aliphatic carbocycles. The number of carbonyl (C=O) groups excluding carboxylic acids is 1. The lowest BCUT2D eigenvalue weighted by molar-refractivity contribution is -0.137. The van der Waals surface area contributed by atoms with Crippen LogP contribution in [0.15, 0.2) is 24.3 Å². The SMILES string of the molecule is CC1CC(=O)N(Cc2cccc(C(F)(F)F)c2)C1. The molecule has 1 heterocycles. The van der Waals surface area contributed by atoms with Crippen LogP contribution in [0.3, 0.4) is 0 Å². The fourth-order valence-electron chi connectivity index (χ4n) is 2.19. The highest BCUT2D eigenvalue weighted by atomic mass is 19.4. The summed E-state index contributed by atoms with van der Waals surface area (Å²) in [5, 5.41) is 0. The van der Waals surface area contributed by atoms with E-state index in [4.69, 9.17) is 0 Å². The molecule has 1 atom stereocenters. The summed E-state index contributed by atoms with van der Waals surface area (Å²) in [5.41, 5.74) is -0.146.